The Morgan fingerprint density at radius 1 is 1.05 bits per heavy atom. The second-order valence-corrected chi connectivity index (χ2v) is 10.4. The van der Waals surface area contributed by atoms with E-state index in [9.17, 15) is 9.59 Å². The molecule has 0 unspecified atom stereocenters. The predicted octanol–water partition coefficient (Wildman–Crippen LogP) is 4.94. The van der Waals surface area contributed by atoms with Crippen LogP contribution in [0.15, 0.2) is 66.7 Å². The average Bonchev–Trinajstić information content (AvgIpc) is 3.34. The van der Waals surface area contributed by atoms with Crippen molar-refractivity contribution in [2.75, 3.05) is 18.1 Å². The third kappa shape index (κ3) is 5.54. The van der Waals surface area contributed by atoms with Crippen molar-refractivity contribution in [1.82, 2.24) is 20.3 Å². The molecule has 0 fully saturated rings. The molecule has 0 radical (unpaired) electrons. The summed E-state index contributed by atoms with van der Waals surface area (Å²) in [6.45, 7) is 6.53. The maximum absolute atomic E-state index is 14.2. The lowest BCUT2D eigenvalue weighted by Crippen LogP contribution is -2.51. The first-order valence-electron chi connectivity index (χ1n) is 12.8. The van der Waals surface area contributed by atoms with Crippen LogP contribution in [0.4, 0.5) is 5.69 Å². The molecule has 5 rings (SSSR count). The summed E-state index contributed by atoms with van der Waals surface area (Å²) in [4.78, 5) is 29.7. The molecule has 0 bridgehead atoms. The van der Waals surface area contributed by atoms with E-state index in [1.807, 2.05) is 45.0 Å². The molecule has 0 saturated heterocycles. The lowest BCUT2D eigenvalue weighted by atomic mass is 9.98. The van der Waals surface area contributed by atoms with E-state index in [2.05, 4.69) is 15.6 Å². The number of ether oxygens (including phenoxy) is 2. The fourth-order valence-corrected chi connectivity index (χ4v) is 4.68. The van der Waals surface area contributed by atoms with Gasteiger partial charge in [0.15, 0.2) is 11.5 Å². The standard InChI is InChI=1S/C29H30ClN5O4/c1-4-29(2,3)31-28(37)27(20-9-5-6-10-21(20)30)35(19-13-14-24-25(17-19)39-16-15-38-24)26(36)18-34-23-12-8-7-11-22(23)32-33-34/h5-14,17,27H,4,15-16,18H2,1-3H3,(H,31,37)/t27-/m0/s1. The topological polar surface area (TPSA) is 98.6 Å². The first-order valence-corrected chi connectivity index (χ1v) is 13.2. The third-order valence-electron chi connectivity index (χ3n) is 6.83. The molecule has 3 aromatic carbocycles. The van der Waals surface area contributed by atoms with Crippen LogP contribution in [-0.4, -0.2) is 45.6 Å². The van der Waals surface area contributed by atoms with Gasteiger partial charge >= 0.3 is 0 Å². The summed E-state index contributed by atoms with van der Waals surface area (Å²) in [5, 5.41) is 11.8. The van der Waals surface area contributed by atoms with Gasteiger partial charge in [0.25, 0.3) is 0 Å². The van der Waals surface area contributed by atoms with E-state index in [1.54, 1.807) is 42.5 Å². The quantitative estimate of drug-likeness (QED) is 0.336. The highest BCUT2D eigenvalue weighted by Gasteiger charge is 2.37. The molecule has 0 aliphatic carbocycles. The van der Waals surface area contributed by atoms with Crippen LogP contribution in [0.1, 0.15) is 38.8 Å². The molecular formula is C29H30ClN5O4. The number of carbonyl (C=O) groups is 2. The molecule has 1 aromatic heterocycles. The zero-order chi connectivity index (χ0) is 27.6. The number of aromatic nitrogens is 3. The van der Waals surface area contributed by atoms with Crippen molar-refractivity contribution in [3.8, 4) is 11.5 Å². The maximum Gasteiger partial charge on any atom is 0.249 e. The van der Waals surface area contributed by atoms with Gasteiger partial charge in [0.05, 0.1) is 5.52 Å². The maximum atomic E-state index is 14.2. The number of para-hydroxylation sites is 1. The number of anilines is 1. The number of hydrogen-bond acceptors (Lipinski definition) is 6. The van der Waals surface area contributed by atoms with Gasteiger partial charge in [-0.1, -0.05) is 54.1 Å². The fraction of sp³-hybridized carbons (Fsp3) is 0.310. The summed E-state index contributed by atoms with van der Waals surface area (Å²) in [5.74, 6) is 0.332. The number of nitrogens with zero attached hydrogens (tertiary/aromatic N) is 4. The van der Waals surface area contributed by atoms with E-state index >= 15 is 0 Å². The van der Waals surface area contributed by atoms with E-state index in [0.29, 0.717) is 58.4 Å². The minimum absolute atomic E-state index is 0.152. The molecule has 202 valence electrons. The Labute approximate surface area is 231 Å². The lowest BCUT2D eigenvalue weighted by Gasteiger charge is -2.35. The average molecular weight is 548 g/mol. The molecule has 2 amide bonds. The first-order chi connectivity index (χ1) is 18.8. The van der Waals surface area contributed by atoms with Gasteiger partial charge in [0.2, 0.25) is 11.8 Å². The normalized spacial score (nSPS) is 13.6. The molecule has 1 N–H and O–H groups in total. The summed E-state index contributed by atoms with van der Waals surface area (Å²) in [7, 11) is 0. The van der Waals surface area contributed by atoms with Crippen LogP contribution in [0.2, 0.25) is 5.02 Å². The zero-order valence-electron chi connectivity index (χ0n) is 22.1. The third-order valence-corrected chi connectivity index (χ3v) is 7.17. The monoisotopic (exact) mass is 547 g/mol. The Kier molecular flexibility index (Phi) is 7.43. The van der Waals surface area contributed by atoms with Gasteiger partial charge in [0, 0.05) is 27.9 Å². The van der Waals surface area contributed by atoms with Gasteiger partial charge < -0.3 is 14.8 Å². The van der Waals surface area contributed by atoms with Crippen molar-refractivity contribution in [2.24, 2.45) is 0 Å². The molecule has 4 aromatic rings. The van der Waals surface area contributed by atoms with Gasteiger partial charge in [-0.2, -0.15) is 0 Å². The predicted molar refractivity (Wildman–Crippen MR) is 149 cm³/mol. The van der Waals surface area contributed by atoms with Gasteiger partial charge in [-0.25, -0.2) is 4.68 Å². The SMILES string of the molecule is CCC(C)(C)NC(=O)[C@H](c1ccccc1Cl)N(C(=O)Cn1nnc2ccccc21)c1ccc2c(c1)OCCO2. The molecule has 1 aliphatic heterocycles. The van der Waals surface area contributed by atoms with Gasteiger partial charge in [-0.15, -0.1) is 5.10 Å². The summed E-state index contributed by atoms with van der Waals surface area (Å²) in [6, 6.07) is 18.6. The second-order valence-electron chi connectivity index (χ2n) is 9.98. The largest absolute Gasteiger partial charge is 0.486 e. The summed E-state index contributed by atoms with van der Waals surface area (Å²) >= 11 is 6.65. The zero-order valence-corrected chi connectivity index (χ0v) is 22.8. The highest BCUT2D eigenvalue weighted by atomic mass is 35.5. The Hall–Kier alpha value is -4.11. The Morgan fingerprint density at radius 2 is 1.77 bits per heavy atom. The van der Waals surface area contributed by atoms with Crippen molar-refractivity contribution in [2.45, 2.75) is 45.3 Å². The lowest BCUT2D eigenvalue weighted by molar-refractivity contribution is -0.128. The Bertz CT molecular complexity index is 1520. The fourth-order valence-electron chi connectivity index (χ4n) is 4.44. The molecule has 10 heteroatoms. The number of carbonyl (C=O) groups excluding carboxylic acids is 2. The summed E-state index contributed by atoms with van der Waals surface area (Å²) in [6.07, 6.45) is 0.691. The van der Waals surface area contributed by atoms with E-state index < -0.39 is 11.6 Å². The molecular weight excluding hydrogens is 518 g/mol. The van der Waals surface area contributed by atoms with Crippen molar-refractivity contribution in [3.63, 3.8) is 0 Å². The smallest absolute Gasteiger partial charge is 0.249 e. The van der Waals surface area contributed by atoms with Crippen LogP contribution in [0.3, 0.4) is 0 Å². The minimum Gasteiger partial charge on any atom is -0.486 e. The van der Waals surface area contributed by atoms with E-state index in [-0.39, 0.29) is 18.4 Å². The highest BCUT2D eigenvalue weighted by molar-refractivity contribution is 6.31. The van der Waals surface area contributed by atoms with Crippen molar-refractivity contribution in [3.05, 3.63) is 77.3 Å². The molecule has 9 nitrogen and oxygen atoms in total. The number of halogens is 1. The number of benzene rings is 3. The van der Waals surface area contributed by atoms with Gasteiger partial charge in [-0.3, -0.25) is 14.5 Å². The molecule has 39 heavy (non-hydrogen) atoms. The second kappa shape index (κ2) is 10.9. The van der Waals surface area contributed by atoms with Crippen molar-refractivity contribution < 1.29 is 19.1 Å². The first kappa shape index (κ1) is 26.5. The number of fused-ring (bicyclic) bond motifs is 2. The Balaban J connectivity index is 1.64. The van der Waals surface area contributed by atoms with Crippen molar-refractivity contribution in [1.29, 1.82) is 0 Å². The molecule has 1 atom stereocenters. The van der Waals surface area contributed by atoms with Gasteiger partial charge in [-0.05, 0) is 50.6 Å². The number of rotatable bonds is 8. The van der Waals surface area contributed by atoms with Crippen LogP contribution >= 0.6 is 11.6 Å². The van der Waals surface area contributed by atoms with Crippen LogP contribution in [0, 0.1) is 0 Å². The summed E-state index contributed by atoms with van der Waals surface area (Å²) < 4.78 is 13.0. The minimum atomic E-state index is -1.07. The van der Waals surface area contributed by atoms with Crippen LogP contribution in [0.5, 0.6) is 11.5 Å². The van der Waals surface area contributed by atoms with Crippen LogP contribution < -0.4 is 19.7 Å². The molecule has 0 saturated carbocycles. The van der Waals surface area contributed by atoms with Crippen molar-refractivity contribution >= 4 is 40.1 Å². The van der Waals surface area contributed by atoms with Crippen LogP contribution in [0.25, 0.3) is 11.0 Å². The number of nitrogens with one attached hydrogen (secondary N) is 1. The van der Waals surface area contributed by atoms with E-state index in [1.165, 1.54) is 9.58 Å². The molecule has 1 aliphatic rings. The van der Waals surface area contributed by atoms with E-state index in [4.69, 9.17) is 21.1 Å². The molecule has 0 spiro atoms. The molecule has 2 heterocycles. The van der Waals surface area contributed by atoms with Crippen LogP contribution in [-0.2, 0) is 16.1 Å². The Morgan fingerprint density at radius 3 is 2.54 bits per heavy atom. The number of amides is 2. The van der Waals surface area contributed by atoms with E-state index in [0.717, 1.165) is 0 Å². The van der Waals surface area contributed by atoms with Gasteiger partial charge in [0.1, 0.15) is 31.3 Å². The summed E-state index contributed by atoms with van der Waals surface area (Å²) in [5.41, 5.74) is 1.82. The number of hydrogen-bond donors (Lipinski definition) is 1. The highest BCUT2D eigenvalue weighted by Crippen LogP contribution is 2.38.